The number of nitrogens with one attached hydrogen (secondary N) is 1. The van der Waals surface area contributed by atoms with Gasteiger partial charge in [0, 0.05) is 24.5 Å². The number of nitrogens with zero attached hydrogens (tertiary/aromatic N) is 1. The van der Waals surface area contributed by atoms with Crippen molar-refractivity contribution in [2.24, 2.45) is 0 Å². The van der Waals surface area contributed by atoms with Crippen molar-refractivity contribution < 1.29 is 9.47 Å². The van der Waals surface area contributed by atoms with Crippen LogP contribution in [0.25, 0.3) is 0 Å². The van der Waals surface area contributed by atoms with Crippen LogP contribution in [0, 0.1) is 0 Å². The van der Waals surface area contributed by atoms with E-state index >= 15 is 0 Å². The van der Waals surface area contributed by atoms with E-state index in [-0.39, 0.29) is 12.4 Å². The van der Waals surface area contributed by atoms with Crippen LogP contribution >= 0.6 is 28.3 Å². The Hall–Kier alpha value is -1.30. The van der Waals surface area contributed by atoms with Gasteiger partial charge in [-0.1, -0.05) is 13.0 Å². The van der Waals surface area contributed by atoms with E-state index in [4.69, 9.17) is 9.47 Å². The Morgan fingerprint density at radius 1 is 1.26 bits per heavy atom. The molecule has 1 aromatic carbocycles. The van der Waals surface area contributed by atoms with E-state index in [1.807, 2.05) is 18.2 Å². The topological polar surface area (TPSA) is 43.4 Å². The highest BCUT2D eigenvalue weighted by atomic mass is 79.9. The number of hydrogen-bond acceptors (Lipinski definition) is 4. The zero-order valence-corrected chi connectivity index (χ0v) is 15.7. The van der Waals surface area contributed by atoms with E-state index in [0.717, 1.165) is 40.9 Å². The summed E-state index contributed by atoms with van der Waals surface area (Å²) in [6.07, 6.45) is 4.66. The molecule has 1 N–H and O–H groups in total. The van der Waals surface area contributed by atoms with E-state index in [1.165, 1.54) is 0 Å². The van der Waals surface area contributed by atoms with Crippen molar-refractivity contribution in [3.63, 3.8) is 0 Å². The summed E-state index contributed by atoms with van der Waals surface area (Å²) >= 11 is 3.57. The van der Waals surface area contributed by atoms with Crippen molar-refractivity contribution in [2.45, 2.75) is 26.5 Å². The maximum atomic E-state index is 5.89. The molecule has 23 heavy (non-hydrogen) atoms. The van der Waals surface area contributed by atoms with Crippen LogP contribution in [0.4, 0.5) is 0 Å². The van der Waals surface area contributed by atoms with E-state index in [0.29, 0.717) is 12.4 Å². The van der Waals surface area contributed by atoms with Gasteiger partial charge in [0.1, 0.15) is 6.61 Å². The molecule has 0 radical (unpaired) electrons. The number of ether oxygens (including phenoxy) is 2. The number of aromatic nitrogens is 1. The first kappa shape index (κ1) is 19.7. The zero-order valence-electron chi connectivity index (χ0n) is 13.3. The molecular formula is C17H22BrClN2O2. The van der Waals surface area contributed by atoms with Crippen LogP contribution in [0.1, 0.15) is 24.5 Å². The SMILES string of the molecule is CCCNCc1cc(Br)c(OCc2cccnc2)c(OC)c1.Cl. The fourth-order valence-corrected chi connectivity index (χ4v) is 2.67. The number of halogens is 2. The molecule has 2 rings (SSSR count). The van der Waals surface area contributed by atoms with Crippen LogP contribution in [-0.2, 0) is 13.2 Å². The molecule has 0 bridgehead atoms. The molecule has 6 heteroatoms. The minimum absolute atomic E-state index is 0. The van der Waals surface area contributed by atoms with Crippen molar-refractivity contribution >= 4 is 28.3 Å². The summed E-state index contributed by atoms with van der Waals surface area (Å²) in [5.74, 6) is 1.44. The zero-order chi connectivity index (χ0) is 15.8. The number of pyridine rings is 1. The standard InChI is InChI=1S/C17H21BrN2O2.ClH/c1-3-6-19-11-14-8-15(18)17(16(9-14)21-2)22-12-13-5-4-7-20-10-13;/h4-5,7-10,19H,3,6,11-12H2,1-2H3;1H. The second-order valence-electron chi connectivity index (χ2n) is 4.94. The van der Waals surface area contributed by atoms with Crippen LogP contribution in [0.5, 0.6) is 11.5 Å². The smallest absolute Gasteiger partial charge is 0.175 e. The quantitative estimate of drug-likeness (QED) is 0.668. The Kier molecular flexibility index (Phi) is 8.99. The minimum atomic E-state index is 0. The highest BCUT2D eigenvalue weighted by molar-refractivity contribution is 9.10. The van der Waals surface area contributed by atoms with Crippen LogP contribution in [0.3, 0.4) is 0 Å². The second-order valence-corrected chi connectivity index (χ2v) is 5.79. The molecule has 0 saturated carbocycles. The lowest BCUT2D eigenvalue weighted by atomic mass is 10.2. The van der Waals surface area contributed by atoms with Gasteiger partial charge in [0.25, 0.3) is 0 Å². The van der Waals surface area contributed by atoms with Gasteiger partial charge in [0.05, 0.1) is 11.6 Å². The lowest BCUT2D eigenvalue weighted by molar-refractivity contribution is 0.282. The van der Waals surface area contributed by atoms with Crippen LogP contribution in [-0.4, -0.2) is 18.6 Å². The third kappa shape index (κ3) is 6.01. The maximum absolute atomic E-state index is 5.89. The van der Waals surface area contributed by atoms with Gasteiger partial charge in [0.2, 0.25) is 0 Å². The summed E-state index contributed by atoms with van der Waals surface area (Å²) in [6.45, 7) is 4.42. The lowest BCUT2D eigenvalue weighted by Crippen LogP contribution is -2.14. The van der Waals surface area contributed by atoms with Crippen LogP contribution in [0.15, 0.2) is 41.1 Å². The van der Waals surface area contributed by atoms with Gasteiger partial charge in [-0.3, -0.25) is 4.98 Å². The number of benzene rings is 1. The Balaban J connectivity index is 0.00000264. The van der Waals surface area contributed by atoms with Crippen molar-refractivity contribution in [1.82, 2.24) is 10.3 Å². The molecule has 0 spiro atoms. The summed E-state index contributed by atoms with van der Waals surface area (Å²) in [6, 6.07) is 7.94. The first-order chi connectivity index (χ1) is 10.7. The average molecular weight is 402 g/mol. The molecule has 1 heterocycles. The molecule has 0 aliphatic heterocycles. The molecule has 0 atom stereocenters. The molecule has 4 nitrogen and oxygen atoms in total. The summed E-state index contributed by atoms with van der Waals surface area (Å²) in [5.41, 5.74) is 2.18. The molecular weight excluding hydrogens is 380 g/mol. The number of methoxy groups -OCH3 is 1. The summed E-state index contributed by atoms with van der Waals surface area (Å²) in [7, 11) is 1.65. The lowest BCUT2D eigenvalue weighted by Gasteiger charge is -2.14. The van der Waals surface area contributed by atoms with E-state index in [1.54, 1.807) is 19.5 Å². The van der Waals surface area contributed by atoms with Gasteiger partial charge in [0.15, 0.2) is 11.5 Å². The monoisotopic (exact) mass is 400 g/mol. The van der Waals surface area contributed by atoms with Crippen molar-refractivity contribution in [1.29, 1.82) is 0 Å². The van der Waals surface area contributed by atoms with E-state index in [9.17, 15) is 0 Å². The fraction of sp³-hybridized carbons (Fsp3) is 0.353. The average Bonchev–Trinajstić information content (AvgIpc) is 2.54. The molecule has 0 aliphatic rings. The van der Waals surface area contributed by atoms with Gasteiger partial charge < -0.3 is 14.8 Å². The predicted octanol–water partition coefficient (Wildman–Crippen LogP) is 4.35. The number of rotatable bonds is 8. The van der Waals surface area contributed by atoms with Crippen LogP contribution < -0.4 is 14.8 Å². The molecule has 1 aromatic heterocycles. The third-order valence-electron chi connectivity index (χ3n) is 3.15. The Morgan fingerprint density at radius 2 is 2.09 bits per heavy atom. The molecule has 126 valence electrons. The minimum Gasteiger partial charge on any atom is -0.493 e. The Morgan fingerprint density at radius 3 is 2.74 bits per heavy atom. The molecule has 0 saturated heterocycles. The number of hydrogen-bond donors (Lipinski definition) is 1. The van der Waals surface area contributed by atoms with Crippen molar-refractivity contribution in [3.05, 3.63) is 52.3 Å². The maximum Gasteiger partial charge on any atom is 0.175 e. The normalized spacial score (nSPS) is 10.0. The van der Waals surface area contributed by atoms with Gasteiger partial charge in [-0.25, -0.2) is 0 Å². The molecule has 2 aromatic rings. The summed E-state index contributed by atoms with van der Waals surface area (Å²) in [4.78, 5) is 4.09. The highest BCUT2D eigenvalue weighted by Gasteiger charge is 2.12. The first-order valence-electron chi connectivity index (χ1n) is 7.33. The third-order valence-corrected chi connectivity index (χ3v) is 3.74. The van der Waals surface area contributed by atoms with Crippen LogP contribution in [0.2, 0.25) is 0 Å². The Bertz CT molecular complexity index is 597. The van der Waals surface area contributed by atoms with Crippen molar-refractivity contribution in [3.8, 4) is 11.5 Å². The van der Waals surface area contributed by atoms with Gasteiger partial charge in [-0.05, 0) is 52.7 Å². The summed E-state index contributed by atoms with van der Waals surface area (Å²) in [5, 5.41) is 3.38. The fourth-order valence-electron chi connectivity index (χ4n) is 2.06. The van der Waals surface area contributed by atoms with Gasteiger partial charge >= 0.3 is 0 Å². The Labute approximate surface area is 152 Å². The summed E-state index contributed by atoms with van der Waals surface area (Å²) < 4.78 is 12.2. The second kappa shape index (κ2) is 10.5. The van der Waals surface area contributed by atoms with E-state index in [2.05, 4.69) is 39.2 Å². The predicted molar refractivity (Wildman–Crippen MR) is 98.5 cm³/mol. The molecule has 0 fully saturated rings. The van der Waals surface area contributed by atoms with Gasteiger partial charge in [-0.2, -0.15) is 0 Å². The molecule has 0 amide bonds. The highest BCUT2D eigenvalue weighted by Crippen LogP contribution is 2.37. The molecule has 0 aliphatic carbocycles. The first-order valence-corrected chi connectivity index (χ1v) is 8.12. The van der Waals surface area contributed by atoms with E-state index < -0.39 is 0 Å². The van der Waals surface area contributed by atoms with Gasteiger partial charge in [-0.15, -0.1) is 12.4 Å². The molecule has 0 unspecified atom stereocenters. The largest absolute Gasteiger partial charge is 0.493 e. The van der Waals surface area contributed by atoms with Crippen molar-refractivity contribution in [2.75, 3.05) is 13.7 Å².